The number of hydrazine groups is 1. The van der Waals surface area contributed by atoms with Gasteiger partial charge in [0.15, 0.2) is 0 Å². The van der Waals surface area contributed by atoms with Crippen molar-refractivity contribution in [1.29, 1.82) is 0 Å². The number of nitrogens with two attached hydrogens (primary N) is 1. The summed E-state index contributed by atoms with van der Waals surface area (Å²) in [6.07, 6.45) is 3.66. The second-order valence-corrected chi connectivity index (χ2v) is 5.09. The van der Waals surface area contributed by atoms with Crippen LogP contribution in [0.3, 0.4) is 0 Å². The minimum Gasteiger partial charge on any atom is -0.496 e. The van der Waals surface area contributed by atoms with Crippen LogP contribution in [0.1, 0.15) is 33.9 Å². The maximum Gasteiger partial charge on any atom is 0.124 e. The zero-order valence-corrected chi connectivity index (χ0v) is 12.4. The van der Waals surface area contributed by atoms with E-state index in [4.69, 9.17) is 10.6 Å². The maximum atomic E-state index is 5.78. The van der Waals surface area contributed by atoms with Gasteiger partial charge in [0.05, 0.1) is 13.2 Å². The molecule has 1 heterocycles. The van der Waals surface area contributed by atoms with E-state index >= 15 is 0 Å². The second kappa shape index (κ2) is 6.03. The molecule has 0 bridgehead atoms. The molecule has 1 unspecified atom stereocenters. The predicted octanol–water partition coefficient (Wildman–Crippen LogP) is 2.57. The van der Waals surface area contributed by atoms with Gasteiger partial charge in [-0.1, -0.05) is 12.1 Å². The minimum absolute atomic E-state index is 0.141. The molecule has 0 saturated heterocycles. The number of hydrogen-bond donors (Lipinski definition) is 2. The van der Waals surface area contributed by atoms with E-state index in [0.717, 1.165) is 28.0 Å². The van der Waals surface area contributed by atoms with Crippen LogP contribution in [0.2, 0.25) is 0 Å². The van der Waals surface area contributed by atoms with E-state index in [1.165, 1.54) is 5.56 Å². The average Bonchev–Trinajstić information content (AvgIpc) is 2.41. The second-order valence-electron chi connectivity index (χ2n) is 5.09. The number of hydrogen-bond acceptors (Lipinski definition) is 4. The molecule has 1 atom stereocenters. The van der Waals surface area contributed by atoms with Gasteiger partial charge in [0.2, 0.25) is 0 Å². The van der Waals surface area contributed by atoms with Crippen molar-refractivity contribution in [3.05, 3.63) is 58.4 Å². The standard InChI is InChI=1S/C16H21N3O/c1-10-5-12(3)15(14(7-10)20-4)16(19-17)13-6-11(2)8-18-9-13/h5-9,16,19H,17H2,1-4H3. The molecule has 0 saturated carbocycles. The van der Waals surface area contributed by atoms with Gasteiger partial charge in [0.25, 0.3) is 0 Å². The third-order valence-electron chi connectivity index (χ3n) is 3.40. The van der Waals surface area contributed by atoms with Crippen molar-refractivity contribution in [2.45, 2.75) is 26.8 Å². The number of nitrogens with zero attached hydrogens (tertiary/aromatic N) is 1. The van der Waals surface area contributed by atoms with E-state index in [1.807, 2.05) is 25.4 Å². The molecule has 2 rings (SSSR count). The average molecular weight is 271 g/mol. The van der Waals surface area contributed by atoms with Crippen molar-refractivity contribution in [3.8, 4) is 5.75 Å². The van der Waals surface area contributed by atoms with Crippen molar-refractivity contribution in [2.24, 2.45) is 5.84 Å². The molecule has 0 amide bonds. The first-order chi connectivity index (χ1) is 9.56. The SMILES string of the molecule is COc1cc(C)cc(C)c1C(NN)c1cncc(C)c1. The molecule has 2 aromatic rings. The van der Waals surface area contributed by atoms with Crippen molar-refractivity contribution in [3.63, 3.8) is 0 Å². The van der Waals surface area contributed by atoms with Gasteiger partial charge in [-0.25, -0.2) is 5.43 Å². The highest BCUT2D eigenvalue weighted by molar-refractivity contribution is 5.48. The minimum atomic E-state index is -0.141. The molecule has 106 valence electrons. The number of methoxy groups -OCH3 is 1. The Morgan fingerprint density at radius 3 is 2.45 bits per heavy atom. The highest BCUT2D eigenvalue weighted by Crippen LogP contribution is 2.33. The lowest BCUT2D eigenvalue weighted by molar-refractivity contribution is 0.403. The Hall–Kier alpha value is -1.91. The van der Waals surface area contributed by atoms with E-state index in [-0.39, 0.29) is 6.04 Å². The summed E-state index contributed by atoms with van der Waals surface area (Å²) in [5.41, 5.74) is 8.37. The molecule has 0 fully saturated rings. The van der Waals surface area contributed by atoms with Crippen molar-refractivity contribution in [1.82, 2.24) is 10.4 Å². The summed E-state index contributed by atoms with van der Waals surface area (Å²) in [4.78, 5) is 4.24. The Balaban J connectivity index is 2.57. The Bertz CT molecular complexity index is 611. The fraction of sp³-hybridized carbons (Fsp3) is 0.312. The first-order valence-electron chi connectivity index (χ1n) is 6.59. The van der Waals surface area contributed by atoms with E-state index in [9.17, 15) is 0 Å². The summed E-state index contributed by atoms with van der Waals surface area (Å²) < 4.78 is 5.53. The highest BCUT2D eigenvalue weighted by Gasteiger charge is 2.20. The molecular formula is C16H21N3O. The molecule has 0 aliphatic heterocycles. The van der Waals surface area contributed by atoms with Crippen LogP contribution in [0.5, 0.6) is 5.75 Å². The predicted molar refractivity (Wildman–Crippen MR) is 80.6 cm³/mol. The van der Waals surface area contributed by atoms with Crippen molar-refractivity contribution < 1.29 is 4.74 Å². The van der Waals surface area contributed by atoms with Gasteiger partial charge in [-0.2, -0.15) is 0 Å². The van der Waals surface area contributed by atoms with Crippen LogP contribution in [0.15, 0.2) is 30.6 Å². The zero-order chi connectivity index (χ0) is 14.7. The van der Waals surface area contributed by atoms with Gasteiger partial charge in [0.1, 0.15) is 5.75 Å². The van der Waals surface area contributed by atoms with Crippen LogP contribution in [-0.4, -0.2) is 12.1 Å². The Labute approximate surface area is 120 Å². The summed E-state index contributed by atoms with van der Waals surface area (Å²) in [6, 6.07) is 6.09. The summed E-state index contributed by atoms with van der Waals surface area (Å²) in [5.74, 6) is 6.62. The monoisotopic (exact) mass is 271 g/mol. The largest absolute Gasteiger partial charge is 0.496 e. The summed E-state index contributed by atoms with van der Waals surface area (Å²) in [6.45, 7) is 6.14. The van der Waals surface area contributed by atoms with Gasteiger partial charge in [-0.15, -0.1) is 0 Å². The number of nitrogens with one attached hydrogen (secondary N) is 1. The number of aryl methyl sites for hydroxylation is 3. The van der Waals surface area contributed by atoms with Crippen LogP contribution in [-0.2, 0) is 0 Å². The lowest BCUT2D eigenvalue weighted by Crippen LogP contribution is -2.30. The number of benzene rings is 1. The van der Waals surface area contributed by atoms with Crippen molar-refractivity contribution >= 4 is 0 Å². The van der Waals surface area contributed by atoms with E-state index < -0.39 is 0 Å². The lowest BCUT2D eigenvalue weighted by atomic mass is 9.93. The van der Waals surface area contributed by atoms with Gasteiger partial charge >= 0.3 is 0 Å². The van der Waals surface area contributed by atoms with Crippen LogP contribution < -0.4 is 16.0 Å². The van der Waals surface area contributed by atoms with E-state index in [1.54, 1.807) is 7.11 Å². The quantitative estimate of drug-likeness (QED) is 0.663. The fourth-order valence-electron chi connectivity index (χ4n) is 2.56. The van der Waals surface area contributed by atoms with Crippen molar-refractivity contribution in [2.75, 3.05) is 7.11 Å². The molecule has 0 aliphatic rings. The number of ether oxygens (including phenoxy) is 1. The number of aromatic nitrogens is 1. The third kappa shape index (κ3) is 2.81. The lowest BCUT2D eigenvalue weighted by Gasteiger charge is -2.22. The van der Waals surface area contributed by atoms with Gasteiger partial charge in [-0.3, -0.25) is 10.8 Å². The molecule has 0 aliphatic carbocycles. The number of rotatable bonds is 4. The summed E-state index contributed by atoms with van der Waals surface area (Å²) >= 11 is 0. The van der Waals surface area contributed by atoms with Crippen LogP contribution in [0.25, 0.3) is 0 Å². The van der Waals surface area contributed by atoms with E-state index in [2.05, 4.69) is 36.4 Å². The molecular weight excluding hydrogens is 250 g/mol. The Kier molecular flexibility index (Phi) is 4.37. The molecule has 20 heavy (non-hydrogen) atoms. The molecule has 4 nitrogen and oxygen atoms in total. The molecule has 3 N–H and O–H groups in total. The Morgan fingerprint density at radius 2 is 1.85 bits per heavy atom. The van der Waals surface area contributed by atoms with Crippen LogP contribution >= 0.6 is 0 Å². The normalized spacial score (nSPS) is 12.2. The molecule has 0 spiro atoms. The van der Waals surface area contributed by atoms with Gasteiger partial charge in [0, 0.05) is 18.0 Å². The maximum absolute atomic E-state index is 5.78. The van der Waals surface area contributed by atoms with Gasteiger partial charge < -0.3 is 4.74 Å². The molecule has 0 radical (unpaired) electrons. The first-order valence-corrected chi connectivity index (χ1v) is 6.59. The third-order valence-corrected chi connectivity index (χ3v) is 3.40. The zero-order valence-electron chi connectivity index (χ0n) is 12.4. The van der Waals surface area contributed by atoms with Crippen LogP contribution in [0, 0.1) is 20.8 Å². The highest BCUT2D eigenvalue weighted by atomic mass is 16.5. The molecule has 4 heteroatoms. The fourth-order valence-corrected chi connectivity index (χ4v) is 2.56. The summed E-state index contributed by atoms with van der Waals surface area (Å²) in [5, 5.41) is 0. The molecule has 1 aromatic heterocycles. The first kappa shape index (κ1) is 14.5. The topological polar surface area (TPSA) is 60.2 Å². The smallest absolute Gasteiger partial charge is 0.124 e. The van der Waals surface area contributed by atoms with Gasteiger partial charge in [-0.05, 0) is 49.1 Å². The Morgan fingerprint density at radius 1 is 1.10 bits per heavy atom. The van der Waals surface area contributed by atoms with E-state index in [0.29, 0.717) is 0 Å². The van der Waals surface area contributed by atoms with Crippen LogP contribution in [0.4, 0.5) is 0 Å². The number of pyridine rings is 1. The summed E-state index contributed by atoms with van der Waals surface area (Å²) in [7, 11) is 1.68. The molecule has 1 aromatic carbocycles.